The molecular formula is C26H43N3O23P2. The number of aromatic amines is 1. The summed E-state index contributed by atoms with van der Waals surface area (Å²) in [5.74, 6) is -0.519. The molecule has 0 aliphatic carbocycles. The number of nitrogens with zero attached hydrogens (tertiary/aromatic N) is 1. The summed E-state index contributed by atoms with van der Waals surface area (Å²) in [6, 6.07) is -0.182. The van der Waals surface area contributed by atoms with E-state index < -0.39 is 139 Å². The van der Waals surface area contributed by atoms with E-state index in [1.165, 1.54) is 14.0 Å². The average Bonchev–Trinajstić information content (AvgIpc) is 3.37. The highest BCUT2D eigenvalue weighted by Gasteiger charge is 2.51. The fourth-order valence-electron chi connectivity index (χ4n) is 5.62. The second kappa shape index (κ2) is 18.9. The molecule has 2 unspecified atom stereocenters. The number of ether oxygens (including phenoxy) is 6. The molecular weight excluding hydrogens is 784 g/mol. The third-order valence-electron chi connectivity index (χ3n) is 8.26. The lowest BCUT2D eigenvalue weighted by Gasteiger charge is -2.42. The van der Waals surface area contributed by atoms with Crippen LogP contribution in [0.4, 0.5) is 0 Å². The monoisotopic (exact) mass is 827 g/mol. The quantitative estimate of drug-likeness (QED) is 0.0514. The number of methoxy groups -OCH3 is 1. The molecule has 1 amide bonds. The van der Waals surface area contributed by atoms with Crippen molar-refractivity contribution in [1.29, 1.82) is 0 Å². The summed E-state index contributed by atoms with van der Waals surface area (Å²) in [6.07, 6.45) is -20.8. The molecule has 16 atom stereocenters. The number of H-pyrrole nitrogens is 1. The summed E-state index contributed by atoms with van der Waals surface area (Å²) in [6.45, 7) is -2.03. The van der Waals surface area contributed by atoms with Gasteiger partial charge in [0.2, 0.25) is 5.91 Å². The summed E-state index contributed by atoms with van der Waals surface area (Å²) in [7, 11) is -10.1. The van der Waals surface area contributed by atoms with Gasteiger partial charge in [0.25, 0.3) is 5.56 Å². The standard InChI is InChI=1S/C26H43N3O23P2/c1-10(31)27-15-19(36)17(34)12(50-24(15)44-2)8-45-5-6-46-22-20(37)16(33)11(7-30)49-25(22)51-54(42,43)52-53(40,41)47-9-13-18(35)21(38)23(48-13)29-4-3-14(32)28-26(29)39/h3-4,11-13,15-25,30,33-38H,5-9H2,1-2H3,(H,27,31)(H,40,41)(H,42,43)(H,28,32,39)/t11-,12-,13-,15-,16+,17-,18-,19-,20+,21-,22-,23-,24-,25-/m1/s1. The molecule has 54 heavy (non-hydrogen) atoms. The van der Waals surface area contributed by atoms with Crippen molar-refractivity contribution in [3.63, 3.8) is 0 Å². The first-order valence-electron chi connectivity index (χ1n) is 15.9. The van der Waals surface area contributed by atoms with Crippen molar-refractivity contribution in [2.75, 3.05) is 40.1 Å². The Bertz CT molecular complexity index is 1610. The zero-order valence-electron chi connectivity index (χ0n) is 28.4. The van der Waals surface area contributed by atoms with E-state index >= 15 is 0 Å². The highest BCUT2D eigenvalue weighted by Crippen LogP contribution is 2.61. The zero-order chi connectivity index (χ0) is 40.1. The predicted molar refractivity (Wildman–Crippen MR) is 169 cm³/mol. The smallest absolute Gasteiger partial charge is 0.394 e. The Balaban J connectivity index is 1.32. The second-order valence-corrected chi connectivity index (χ2v) is 15.1. The van der Waals surface area contributed by atoms with Gasteiger partial charge in [-0.2, -0.15) is 4.31 Å². The lowest BCUT2D eigenvalue weighted by molar-refractivity contribution is -0.292. The minimum atomic E-state index is -5.75. The van der Waals surface area contributed by atoms with Crippen LogP contribution in [-0.2, 0) is 55.7 Å². The van der Waals surface area contributed by atoms with Gasteiger partial charge >= 0.3 is 21.3 Å². The molecule has 11 N–H and O–H groups in total. The number of hydrogen-bond donors (Lipinski definition) is 11. The third kappa shape index (κ3) is 11.0. The highest BCUT2D eigenvalue weighted by atomic mass is 31.3. The number of rotatable bonds is 17. The van der Waals surface area contributed by atoms with E-state index in [0.29, 0.717) is 4.57 Å². The Morgan fingerprint density at radius 2 is 1.50 bits per heavy atom. The molecule has 0 bridgehead atoms. The molecule has 1 aromatic rings. The minimum absolute atomic E-state index is 0.348. The highest BCUT2D eigenvalue weighted by molar-refractivity contribution is 7.61. The molecule has 3 saturated heterocycles. The number of phosphoric acid groups is 2. The summed E-state index contributed by atoms with van der Waals surface area (Å²) in [5, 5.41) is 74.5. The molecule has 1 aromatic heterocycles. The van der Waals surface area contributed by atoms with E-state index in [1.54, 1.807) is 0 Å². The van der Waals surface area contributed by atoms with Gasteiger partial charge < -0.3 is 79.3 Å². The second-order valence-electron chi connectivity index (χ2n) is 12.1. The van der Waals surface area contributed by atoms with Crippen molar-refractivity contribution in [2.24, 2.45) is 0 Å². The molecule has 0 saturated carbocycles. The van der Waals surface area contributed by atoms with E-state index in [9.17, 15) is 69.0 Å². The van der Waals surface area contributed by atoms with Crippen LogP contribution in [0, 0.1) is 0 Å². The van der Waals surface area contributed by atoms with Crippen LogP contribution in [0.2, 0.25) is 0 Å². The average molecular weight is 828 g/mol. The normalized spacial score (nSPS) is 38.1. The fourth-order valence-corrected chi connectivity index (χ4v) is 7.77. The van der Waals surface area contributed by atoms with E-state index in [4.69, 9.17) is 32.9 Å². The zero-order valence-corrected chi connectivity index (χ0v) is 30.1. The van der Waals surface area contributed by atoms with Crippen LogP contribution in [0.1, 0.15) is 13.2 Å². The number of amides is 1. The SMILES string of the molecule is CO[C@@H]1O[C@H](COCCO[C@H]2[C@@H](OP(=O)(O)OP(=O)(O)OC[C@H]3O[C@@H](n4ccc(=O)[nH]c4=O)[C@H](O)[C@@H]3O)O[C@H](CO)[C@H](O)[C@@H]2O)[C@@H](O)[C@H](O)[C@H]1NC(C)=O. The molecule has 28 heteroatoms. The first-order valence-corrected chi connectivity index (χ1v) is 18.9. The van der Waals surface area contributed by atoms with Gasteiger partial charge in [-0.25, -0.2) is 13.9 Å². The Morgan fingerprint density at radius 1 is 0.870 bits per heavy atom. The maximum absolute atomic E-state index is 12.8. The van der Waals surface area contributed by atoms with Gasteiger partial charge in [0, 0.05) is 26.3 Å². The van der Waals surface area contributed by atoms with Crippen molar-refractivity contribution in [3.8, 4) is 0 Å². The topological polar surface area (TPSA) is 383 Å². The maximum Gasteiger partial charge on any atom is 0.483 e. The minimum Gasteiger partial charge on any atom is -0.394 e. The van der Waals surface area contributed by atoms with Gasteiger partial charge in [0.15, 0.2) is 18.8 Å². The first-order chi connectivity index (χ1) is 25.3. The van der Waals surface area contributed by atoms with Gasteiger partial charge in [0.05, 0.1) is 33.0 Å². The molecule has 0 radical (unpaired) electrons. The van der Waals surface area contributed by atoms with Crippen LogP contribution in [-0.4, -0.2) is 181 Å². The van der Waals surface area contributed by atoms with Gasteiger partial charge in [-0.15, -0.1) is 0 Å². The summed E-state index contributed by atoms with van der Waals surface area (Å²) in [4.78, 5) is 57.2. The van der Waals surface area contributed by atoms with E-state index in [-0.39, 0.29) is 13.2 Å². The summed E-state index contributed by atoms with van der Waals surface area (Å²) in [5.41, 5.74) is -1.79. The molecule has 0 aromatic carbocycles. The van der Waals surface area contributed by atoms with Crippen molar-refractivity contribution in [2.45, 2.75) is 92.8 Å². The van der Waals surface area contributed by atoms with Gasteiger partial charge in [0.1, 0.15) is 67.1 Å². The number of phosphoric ester groups is 2. The van der Waals surface area contributed by atoms with E-state index in [1.807, 2.05) is 4.98 Å². The van der Waals surface area contributed by atoms with Crippen LogP contribution in [0.15, 0.2) is 21.9 Å². The molecule has 3 fully saturated rings. The van der Waals surface area contributed by atoms with Crippen LogP contribution in [0.3, 0.4) is 0 Å². The Labute approximate surface area is 303 Å². The fraction of sp³-hybridized carbons (Fsp3) is 0.808. The molecule has 3 aliphatic heterocycles. The van der Waals surface area contributed by atoms with E-state index in [0.717, 1.165) is 12.3 Å². The Kier molecular flexibility index (Phi) is 15.6. The molecule has 0 spiro atoms. The van der Waals surface area contributed by atoms with Crippen molar-refractivity contribution in [3.05, 3.63) is 33.1 Å². The molecule has 26 nitrogen and oxygen atoms in total. The van der Waals surface area contributed by atoms with Gasteiger partial charge in [-0.1, -0.05) is 0 Å². The molecule has 4 heterocycles. The first kappa shape index (κ1) is 44.6. The number of aliphatic hydroxyl groups is 7. The number of aliphatic hydroxyl groups excluding tert-OH is 7. The van der Waals surface area contributed by atoms with Crippen LogP contribution < -0.4 is 16.6 Å². The molecule has 3 aliphatic rings. The Hall–Kier alpha value is -2.11. The lowest BCUT2D eigenvalue weighted by atomic mass is 9.97. The van der Waals surface area contributed by atoms with Gasteiger partial charge in [-0.05, 0) is 0 Å². The Morgan fingerprint density at radius 3 is 2.13 bits per heavy atom. The van der Waals surface area contributed by atoms with Crippen molar-refractivity contribution < 1.29 is 101 Å². The van der Waals surface area contributed by atoms with Crippen LogP contribution >= 0.6 is 15.6 Å². The number of aromatic nitrogens is 2. The number of nitrogens with one attached hydrogen (secondary N) is 2. The van der Waals surface area contributed by atoms with Gasteiger partial charge in [-0.3, -0.25) is 28.2 Å². The van der Waals surface area contributed by atoms with E-state index in [2.05, 4.69) is 14.2 Å². The van der Waals surface area contributed by atoms with Crippen LogP contribution in [0.25, 0.3) is 0 Å². The van der Waals surface area contributed by atoms with Crippen molar-refractivity contribution in [1.82, 2.24) is 14.9 Å². The predicted octanol–water partition coefficient (Wildman–Crippen LogP) is -6.15. The number of carbonyl (C=O) groups is 1. The number of carbonyl (C=O) groups excluding carboxylic acids is 1. The molecule has 4 rings (SSSR count). The van der Waals surface area contributed by atoms with Crippen molar-refractivity contribution >= 4 is 21.6 Å². The maximum atomic E-state index is 12.8. The lowest BCUT2D eigenvalue weighted by Crippen LogP contribution is -2.64. The summed E-state index contributed by atoms with van der Waals surface area (Å²) < 4.78 is 72.0. The number of hydrogen-bond acceptors (Lipinski definition) is 21. The largest absolute Gasteiger partial charge is 0.483 e. The van der Waals surface area contributed by atoms with Crippen LogP contribution in [0.5, 0.6) is 0 Å². The summed E-state index contributed by atoms with van der Waals surface area (Å²) >= 11 is 0. The third-order valence-corrected chi connectivity index (χ3v) is 10.9. The molecule has 310 valence electrons.